The van der Waals surface area contributed by atoms with Crippen LogP contribution >= 0.6 is 0 Å². The Balaban J connectivity index is 1.45. The standard InChI is InChI=1S/C20H21N5O/c1-14-21-12-17-18(23-14)4-2-5-19(17)24-20(26)16-8-6-15(7-9-16)13-25-11-3-10-22-25/h3,6-12,19H,2,4-5,13H2,1H3,(H,24,26)/t19-/m1/s1. The molecule has 1 aromatic carbocycles. The maximum absolute atomic E-state index is 12.6. The van der Waals surface area contributed by atoms with Crippen LogP contribution in [-0.2, 0) is 13.0 Å². The highest BCUT2D eigenvalue weighted by Crippen LogP contribution is 2.28. The van der Waals surface area contributed by atoms with Gasteiger partial charge in [-0.25, -0.2) is 9.97 Å². The first-order valence-electron chi connectivity index (χ1n) is 8.89. The van der Waals surface area contributed by atoms with Crippen molar-refractivity contribution in [3.05, 3.63) is 77.1 Å². The largest absolute Gasteiger partial charge is 0.345 e. The molecule has 4 rings (SSSR count). The minimum atomic E-state index is -0.0611. The van der Waals surface area contributed by atoms with Gasteiger partial charge in [0.1, 0.15) is 5.82 Å². The molecule has 0 radical (unpaired) electrons. The summed E-state index contributed by atoms with van der Waals surface area (Å²) in [6.45, 7) is 2.59. The molecule has 0 saturated carbocycles. The molecule has 2 aromatic heterocycles. The maximum Gasteiger partial charge on any atom is 0.251 e. The Morgan fingerprint density at radius 1 is 1.31 bits per heavy atom. The van der Waals surface area contributed by atoms with E-state index in [1.807, 2.05) is 54.3 Å². The summed E-state index contributed by atoms with van der Waals surface area (Å²) in [6.07, 6.45) is 8.43. The summed E-state index contributed by atoms with van der Waals surface area (Å²) in [5, 5.41) is 7.34. The lowest BCUT2D eigenvalue weighted by Gasteiger charge is -2.25. The average Bonchev–Trinajstić information content (AvgIpc) is 3.15. The molecule has 0 fully saturated rings. The summed E-state index contributed by atoms with van der Waals surface area (Å²) in [7, 11) is 0. The van der Waals surface area contributed by atoms with E-state index in [2.05, 4.69) is 20.4 Å². The molecule has 1 N–H and O–H groups in total. The van der Waals surface area contributed by atoms with E-state index < -0.39 is 0 Å². The van der Waals surface area contributed by atoms with Crippen molar-refractivity contribution >= 4 is 5.91 Å². The van der Waals surface area contributed by atoms with Gasteiger partial charge in [0, 0.05) is 35.4 Å². The third-order valence-electron chi connectivity index (χ3n) is 4.73. The quantitative estimate of drug-likeness (QED) is 0.788. The number of fused-ring (bicyclic) bond motifs is 1. The third kappa shape index (κ3) is 3.49. The minimum absolute atomic E-state index is 0.0180. The number of amides is 1. The van der Waals surface area contributed by atoms with Gasteiger partial charge in [-0.3, -0.25) is 9.48 Å². The second kappa shape index (κ2) is 7.07. The van der Waals surface area contributed by atoms with Crippen molar-refractivity contribution < 1.29 is 4.79 Å². The van der Waals surface area contributed by atoms with Crippen molar-refractivity contribution in [2.75, 3.05) is 0 Å². The molecule has 0 spiro atoms. The number of carbonyl (C=O) groups excluding carboxylic acids is 1. The van der Waals surface area contributed by atoms with Crippen LogP contribution in [0.3, 0.4) is 0 Å². The Morgan fingerprint density at radius 2 is 2.15 bits per heavy atom. The van der Waals surface area contributed by atoms with Gasteiger partial charge >= 0.3 is 0 Å². The van der Waals surface area contributed by atoms with Crippen molar-refractivity contribution in [1.82, 2.24) is 25.1 Å². The van der Waals surface area contributed by atoms with Crippen LogP contribution in [0.5, 0.6) is 0 Å². The molecule has 1 aliphatic carbocycles. The Morgan fingerprint density at radius 3 is 2.92 bits per heavy atom. The van der Waals surface area contributed by atoms with Gasteiger partial charge < -0.3 is 5.32 Å². The zero-order valence-corrected chi connectivity index (χ0v) is 14.7. The summed E-state index contributed by atoms with van der Waals surface area (Å²) in [5.41, 5.74) is 3.88. The Labute approximate surface area is 152 Å². The van der Waals surface area contributed by atoms with E-state index in [0.29, 0.717) is 12.1 Å². The van der Waals surface area contributed by atoms with E-state index in [9.17, 15) is 4.79 Å². The molecule has 0 aliphatic heterocycles. The van der Waals surface area contributed by atoms with Crippen molar-refractivity contribution in [3.63, 3.8) is 0 Å². The van der Waals surface area contributed by atoms with E-state index in [1.165, 1.54) is 0 Å². The van der Waals surface area contributed by atoms with Gasteiger partial charge in [0.25, 0.3) is 5.91 Å². The molecule has 0 saturated heterocycles. The summed E-state index contributed by atoms with van der Waals surface area (Å²) in [6, 6.07) is 9.55. The van der Waals surface area contributed by atoms with Crippen molar-refractivity contribution in [2.45, 2.75) is 38.8 Å². The van der Waals surface area contributed by atoms with Crippen LogP contribution in [-0.4, -0.2) is 25.7 Å². The van der Waals surface area contributed by atoms with Gasteiger partial charge in [-0.1, -0.05) is 12.1 Å². The summed E-state index contributed by atoms with van der Waals surface area (Å²) in [4.78, 5) is 21.5. The zero-order chi connectivity index (χ0) is 17.9. The van der Waals surface area contributed by atoms with Crippen LogP contribution in [0.4, 0.5) is 0 Å². The number of aryl methyl sites for hydroxylation is 2. The van der Waals surface area contributed by atoms with Gasteiger partial charge in [-0.2, -0.15) is 5.10 Å². The highest BCUT2D eigenvalue weighted by atomic mass is 16.1. The molecule has 1 atom stereocenters. The lowest BCUT2D eigenvalue weighted by molar-refractivity contribution is 0.0932. The maximum atomic E-state index is 12.6. The number of hydrogen-bond acceptors (Lipinski definition) is 4. The molecule has 0 unspecified atom stereocenters. The van der Waals surface area contributed by atoms with E-state index in [0.717, 1.165) is 41.9 Å². The molecular formula is C20H21N5O. The molecule has 26 heavy (non-hydrogen) atoms. The molecule has 1 aliphatic rings. The topological polar surface area (TPSA) is 72.7 Å². The molecular weight excluding hydrogens is 326 g/mol. The fraction of sp³-hybridized carbons (Fsp3) is 0.300. The van der Waals surface area contributed by atoms with Crippen LogP contribution in [0.2, 0.25) is 0 Å². The van der Waals surface area contributed by atoms with Gasteiger partial charge in [-0.15, -0.1) is 0 Å². The highest BCUT2D eigenvalue weighted by molar-refractivity contribution is 5.94. The number of aromatic nitrogens is 4. The van der Waals surface area contributed by atoms with Crippen LogP contribution < -0.4 is 5.32 Å². The number of hydrogen-bond donors (Lipinski definition) is 1. The number of nitrogens with zero attached hydrogens (tertiary/aromatic N) is 4. The second-order valence-corrected chi connectivity index (χ2v) is 6.64. The molecule has 2 heterocycles. The predicted molar refractivity (Wildman–Crippen MR) is 97.7 cm³/mol. The van der Waals surface area contributed by atoms with Crippen molar-refractivity contribution in [3.8, 4) is 0 Å². The first kappa shape index (κ1) is 16.4. The van der Waals surface area contributed by atoms with E-state index >= 15 is 0 Å². The highest BCUT2D eigenvalue weighted by Gasteiger charge is 2.23. The number of benzene rings is 1. The van der Waals surface area contributed by atoms with Gasteiger partial charge in [0.05, 0.1) is 12.6 Å². The monoisotopic (exact) mass is 347 g/mol. The lowest BCUT2D eigenvalue weighted by Crippen LogP contribution is -2.31. The van der Waals surface area contributed by atoms with Crippen LogP contribution in [0.1, 0.15) is 51.9 Å². The minimum Gasteiger partial charge on any atom is -0.345 e. The normalized spacial score (nSPS) is 16.1. The summed E-state index contributed by atoms with van der Waals surface area (Å²) >= 11 is 0. The van der Waals surface area contributed by atoms with E-state index in [-0.39, 0.29) is 11.9 Å². The average molecular weight is 347 g/mol. The number of carbonyl (C=O) groups is 1. The summed E-state index contributed by atoms with van der Waals surface area (Å²) in [5.74, 6) is 0.720. The zero-order valence-electron chi connectivity index (χ0n) is 14.7. The third-order valence-corrected chi connectivity index (χ3v) is 4.73. The first-order chi connectivity index (χ1) is 12.7. The molecule has 1 amide bonds. The molecule has 0 bridgehead atoms. The van der Waals surface area contributed by atoms with Gasteiger partial charge in [0.15, 0.2) is 0 Å². The fourth-order valence-electron chi connectivity index (χ4n) is 3.38. The summed E-state index contributed by atoms with van der Waals surface area (Å²) < 4.78 is 1.86. The molecule has 6 heteroatoms. The second-order valence-electron chi connectivity index (χ2n) is 6.64. The molecule has 3 aromatic rings. The SMILES string of the molecule is Cc1ncc2c(n1)CCC[C@H]2NC(=O)c1ccc(Cn2cccn2)cc1. The predicted octanol–water partition coefficient (Wildman–Crippen LogP) is 2.84. The van der Waals surface area contributed by atoms with Crippen molar-refractivity contribution in [1.29, 1.82) is 0 Å². The smallest absolute Gasteiger partial charge is 0.251 e. The number of rotatable bonds is 4. The Bertz CT molecular complexity index is 902. The van der Waals surface area contributed by atoms with Gasteiger partial charge in [-0.05, 0) is 49.9 Å². The first-order valence-corrected chi connectivity index (χ1v) is 8.89. The van der Waals surface area contributed by atoms with Crippen LogP contribution in [0.25, 0.3) is 0 Å². The Hall–Kier alpha value is -3.02. The Kier molecular flexibility index (Phi) is 4.48. The fourth-order valence-corrected chi connectivity index (χ4v) is 3.38. The van der Waals surface area contributed by atoms with Crippen molar-refractivity contribution in [2.24, 2.45) is 0 Å². The van der Waals surface area contributed by atoms with Crippen LogP contribution in [0, 0.1) is 6.92 Å². The lowest BCUT2D eigenvalue weighted by atomic mass is 9.92. The van der Waals surface area contributed by atoms with E-state index in [4.69, 9.17) is 0 Å². The molecule has 6 nitrogen and oxygen atoms in total. The number of nitrogens with one attached hydrogen (secondary N) is 1. The van der Waals surface area contributed by atoms with Crippen LogP contribution in [0.15, 0.2) is 48.9 Å². The molecule has 132 valence electrons. The van der Waals surface area contributed by atoms with Gasteiger partial charge in [0.2, 0.25) is 0 Å². The van der Waals surface area contributed by atoms with E-state index in [1.54, 1.807) is 6.20 Å².